The molecule has 0 saturated heterocycles. The Morgan fingerprint density at radius 1 is 1.20 bits per heavy atom. The molecule has 184 valence electrons. The number of aliphatic hydroxyl groups excluding tert-OH is 1. The number of aromatic nitrogens is 4. The van der Waals surface area contributed by atoms with Crippen LogP contribution in [-0.2, 0) is 15.7 Å². The van der Waals surface area contributed by atoms with Crippen LogP contribution in [-0.4, -0.2) is 43.7 Å². The van der Waals surface area contributed by atoms with Crippen LogP contribution in [0.4, 0.5) is 0 Å². The number of nitrogens with zero attached hydrogens (tertiary/aromatic N) is 3. The third-order valence-corrected chi connectivity index (χ3v) is 7.28. The molecule has 2 heterocycles. The van der Waals surface area contributed by atoms with Gasteiger partial charge in [-0.3, -0.25) is 14.6 Å². The van der Waals surface area contributed by atoms with Crippen molar-refractivity contribution in [2.75, 3.05) is 6.61 Å². The summed E-state index contributed by atoms with van der Waals surface area (Å²) in [6, 6.07) is 9.14. The number of hydrogen-bond acceptors (Lipinski definition) is 6. The molecule has 0 radical (unpaired) electrons. The van der Waals surface area contributed by atoms with Crippen molar-refractivity contribution in [2.24, 2.45) is 5.92 Å². The lowest BCUT2D eigenvalue weighted by Gasteiger charge is -2.41. The third kappa shape index (κ3) is 4.81. The van der Waals surface area contributed by atoms with Crippen molar-refractivity contribution in [3.05, 3.63) is 76.0 Å². The van der Waals surface area contributed by atoms with Crippen molar-refractivity contribution in [1.82, 2.24) is 25.1 Å². The molecule has 35 heavy (non-hydrogen) atoms. The molecule has 1 aliphatic carbocycles. The van der Waals surface area contributed by atoms with Gasteiger partial charge in [0.15, 0.2) is 0 Å². The van der Waals surface area contributed by atoms with E-state index in [9.17, 15) is 19.5 Å². The van der Waals surface area contributed by atoms with Gasteiger partial charge in [0, 0.05) is 18.6 Å². The van der Waals surface area contributed by atoms with Gasteiger partial charge in [-0.2, -0.15) is 5.10 Å². The molecule has 1 aromatic carbocycles. The molecule has 1 aliphatic rings. The molecule has 0 bridgehead atoms. The molecule has 3 aromatic rings. The van der Waals surface area contributed by atoms with Crippen molar-refractivity contribution in [3.8, 4) is 5.95 Å². The number of H-pyrrole nitrogens is 1. The summed E-state index contributed by atoms with van der Waals surface area (Å²) in [6.07, 6.45) is 10.4. The van der Waals surface area contributed by atoms with Crippen LogP contribution in [0.15, 0.2) is 53.7 Å². The summed E-state index contributed by atoms with van der Waals surface area (Å²) in [7, 11) is 0. The van der Waals surface area contributed by atoms with Crippen LogP contribution >= 0.6 is 0 Å². The quantitative estimate of drug-likeness (QED) is 0.428. The minimum absolute atomic E-state index is 0.0756. The zero-order chi connectivity index (χ0) is 25.1. The molecule has 1 fully saturated rings. The molecular weight excluding hydrogens is 446 g/mol. The van der Waals surface area contributed by atoms with E-state index in [1.54, 1.807) is 25.4 Å². The van der Waals surface area contributed by atoms with E-state index in [-0.39, 0.29) is 24.0 Å². The molecule has 0 aliphatic heterocycles. The first-order valence-electron chi connectivity index (χ1n) is 11.9. The molecule has 2 atom stereocenters. The van der Waals surface area contributed by atoms with Gasteiger partial charge in [-0.1, -0.05) is 43.5 Å². The average Bonchev–Trinajstić information content (AvgIpc) is 3.44. The number of hydrogen-bond donors (Lipinski definition) is 3. The maximum atomic E-state index is 13.3. The van der Waals surface area contributed by atoms with Crippen molar-refractivity contribution in [1.29, 1.82) is 0 Å². The number of carbonyl (C=O) groups is 2. The monoisotopic (exact) mass is 477 g/mol. The van der Waals surface area contributed by atoms with Gasteiger partial charge in [-0.05, 0) is 49.8 Å². The summed E-state index contributed by atoms with van der Waals surface area (Å²) in [6.45, 7) is 3.38. The van der Waals surface area contributed by atoms with Crippen LogP contribution in [0.5, 0.6) is 0 Å². The second kappa shape index (κ2) is 9.95. The van der Waals surface area contributed by atoms with E-state index in [0.29, 0.717) is 5.56 Å². The highest BCUT2D eigenvalue weighted by Gasteiger charge is 2.39. The summed E-state index contributed by atoms with van der Waals surface area (Å²) < 4.78 is 1.41. The van der Waals surface area contributed by atoms with Crippen LogP contribution in [0.25, 0.3) is 5.95 Å². The van der Waals surface area contributed by atoms with E-state index in [4.69, 9.17) is 0 Å². The number of aliphatic hydroxyl groups is 1. The largest absolute Gasteiger partial charge is 0.395 e. The Balaban J connectivity index is 1.66. The number of aldehydes is 1. The van der Waals surface area contributed by atoms with E-state index in [0.717, 1.165) is 44.0 Å². The van der Waals surface area contributed by atoms with Crippen LogP contribution in [0.2, 0.25) is 0 Å². The lowest BCUT2D eigenvalue weighted by atomic mass is 9.71. The number of rotatable bonds is 8. The van der Waals surface area contributed by atoms with Crippen LogP contribution in [0, 0.1) is 5.92 Å². The van der Waals surface area contributed by atoms with Crippen LogP contribution in [0.3, 0.4) is 0 Å². The third-order valence-electron chi connectivity index (χ3n) is 7.28. The predicted octanol–water partition coefficient (Wildman–Crippen LogP) is 2.63. The first kappa shape index (κ1) is 24.5. The molecule has 3 N–H and O–H groups in total. The first-order chi connectivity index (χ1) is 16.8. The van der Waals surface area contributed by atoms with Gasteiger partial charge in [-0.25, -0.2) is 9.67 Å². The van der Waals surface area contributed by atoms with Crippen LogP contribution < -0.4 is 10.9 Å². The van der Waals surface area contributed by atoms with E-state index >= 15 is 0 Å². The number of aromatic amines is 1. The van der Waals surface area contributed by atoms with Crippen molar-refractivity contribution in [3.63, 3.8) is 0 Å². The lowest BCUT2D eigenvalue weighted by molar-refractivity contribution is -0.113. The maximum absolute atomic E-state index is 13.3. The summed E-state index contributed by atoms with van der Waals surface area (Å²) in [5.41, 5.74) is -0.767. The molecule has 2 aromatic heterocycles. The number of benzene rings is 1. The van der Waals surface area contributed by atoms with E-state index < -0.39 is 22.4 Å². The fourth-order valence-electron chi connectivity index (χ4n) is 4.84. The molecule has 1 saturated carbocycles. The fraction of sp³-hybridized carbons (Fsp3) is 0.423. The molecule has 0 spiro atoms. The average molecular weight is 478 g/mol. The van der Waals surface area contributed by atoms with Gasteiger partial charge in [-0.15, -0.1) is 0 Å². The molecular formula is C26H31N5O4. The van der Waals surface area contributed by atoms with Gasteiger partial charge in [0.25, 0.3) is 11.5 Å². The molecule has 1 amide bonds. The van der Waals surface area contributed by atoms with Crippen LogP contribution in [0.1, 0.15) is 67.4 Å². The minimum atomic E-state index is -0.988. The Labute approximate surface area is 203 Å². The molecule has 9 nitrogen and oxygen atoms in total. The van der Waals surface area contributed by atoms with Gasteiger partial charge in [0.1, 0.15) is 11.8 Å². The Hall–Kier alpha value is -3.59. The second-order valence-electron chi connectivity index (χ2n) is 9.66. The molecule has 2 unspecified atom stereocenters. The summed E-state index contributed by atoms with van der Waals surface area (Å²) in [4.78, 5) is 44.5. The van der Waals surface area contributed by atoms with E-state index in [2.05, 4.69) is 20.4 Å². The summed E-state index contributed by atoms with van der Waals surface area (Å²) in [5.74, 6) is -0.1000. The maximum Gasteiger partial charge on any atom is 0.265 e. The highest BCUT2D eigenvalue weighted by molar-refractivity contribution is 5.94. The zero-order valence-corrected chi connectivity index (χ0v) is 20.0. The molecule has 4 rings (SSSR count). The Bertz CT molecular complexity index is 1230. The molecule has 9 heteroatoms. The van der Waals surface area contributed by atoms with Crippen molar-refractivity contribution >= 4 is 12.2 Å². The van der Waals surface area contributed by atoms with E-state index in [1.165, 1.54) is 10.9 Å². The predicted molar refractivity (Wildman–Crippen MR) is 130 cm³/mol. The van der Waals surface area contributed by atoms with Crippen molar-refractivity contribution < 1.29 is 14.7 Å². The van der Waals surface area contributed by atoms with Gasteiger partial charge in [0.05, 0.1) is 17.6 Å². The zero-order valence-electron chi connectivity index (χ0n) is 20.0. The second-order valence-corrected chi connectivity index (χ2v) is 9.66. The number of nitrogens with one attached hydrogen (secondary N) is 2. The Kier molecular flexibility index (Phi) is 6.98. The summed E-state index contributed by atoms with van der Waals surface area (Å²) >= 11 is 0. The number of amides is 1. The Morgan fingerprint density at radius 3 is 2.46 bits per heavy atom. The highest BCUT2D eigenvalue weighted by Crippen LogP contribution is 2.40. The first-order valence-corrected chi connectivity index (χ1v) is 11.9. The standard InChI is InChI=1S/C26H31N5O4/c1-25(16-32,17-33)18-9-11-20(12-10-18)26(2,19-7-4-3-5-8-19)30-23(35)21-15-27-24(29-22(21)34)31-14-6-13-28-31/h6,9-16,19,33H,3-5,7-8,17H2,1-2H3,(H,30,35)(H,27,29,34). The van der Waals surface area contributed by atoms with Crippen molar-refractivity contribution in [2.45, 2.75) is 56.9 Å². The van der Waals surface area contributed by atoms with E-state index in [1.807, 2.05) is 31.2 Å². The number of carbonyl (C=O) groups excluding carboxylic acids is 2. The summed E-state index contributed by atoms with van der Waals surface area (Å²) in [5, 5.41) is 16.9. The fourth-order valence-corrected chi connectivity index (χ4v) is 4.84. The SMILES string of the molecule is CC(C=O)(CO)c1ccc(C(C)(NC(=O)c2cnc(-n3cccn3)[nH]c2=O)C2CCCCC2)cc1. The smallest absolute Gasteiger partial charge is 0.265 e. The van der Waals surface area contributed by atoms with Gasteiger partial charge >= 0.3 is 0 Å². The Morgan fingerprint density at radius 2 is 1.89 bits per heavy atom. The van der Waals surface area contributed by atoms with Gasteiger partial charge < -0.3 is 15.2 Å². The lowest BCUT2D eigenvalue weighted by Crippen LogP contribution is -2.50. The highest BCUT2D eigenvalue weighted by atomic mass is 16.3. The minimum Gasteiger partial charge on any atom is -0.395 e. The normalized spacial score (nSPS) is 17.8. The topological polar surface area (TPSA) is 130 Å². The van der Waals surface area contributed by atoms with Gasteiger partial charge in [0.2, 0.25) is 5.95 Å².